The second-order valence-electron chi connectivity index (χ2n) is 3.96. The van der Waals surface area contributed by atoms with Crippen LogP contribution in [0, 0.1) is 0 Å². The summed E-state index contributed by atoms with van der Waals surface area (Å²) in [6, 6.07) is 17.4. The normalized spacial score (nSPS) is 10.5. The SMILES string of the molecule is CNCc1ccc(-c2ccc(SC)cc2)cc1. The lowest BCUT2D eigenvalue weighted by Gasteiger charge is -2.05. The Morgan fingerprint density at radius 1 is 0.882 bits per heavy atom. The maximum Gasteiger partial charge on any atom is 0.0202 e. The molecule has 0 spiro atoms. The summed E-state index contributed by atoms with van der Waals surface area (Å²) in [4.78, 5) is 1.31. The molecular formula is C15H17NS. The Balaban J connectivity index is 2.20. The van der Waals surface area contributed by atoms with E-state index in [2.05, 4.69) is 60.1 Å². The van der Waals surface area contributed by atoms with E-state index in [4.69, 9.17) is 0 Å². The van der Waals surface area contributed by atoms with E-state index in [-0.39, 0.29) is 0 Å². The Bertz CT molecular complexity index is 459. The van der Waals surface area contributed by atoms with Crippen LogP contribution in [0.1, 0.15) is 5.56 Å². The van der Waals surface area contributed by atoms with E-state index < -0.39 is 0 Å². The van der Waals surface area contributed by atoms with E-state index >= 15 is 0 Å². The Morgan fingerprint density at radius 2 is 1.41 bits per heavy atom. The quantitative estimate of drug-likeness (QED) is 0.820. The van der Waals surface area contributed by atoms with Crippen LogP contribution in [0.5, 0.6) is 0 Å². The van der Waals surface area contributed by atoms with Crippen LogP contribution in [0.3, 0.4) is 0 Å². The molecule has 0 aliphatic rings. The van der Waals surface area contributed by atoms with Gasteiger partial charge in [0.15, 0.2) is 0 Å². The maximum atomic E-state index is 3.16. The van der Waals surface area contributed by atoms with Gasteiger partial charge in [0.05, 0.1) is 0 Å². The first-order valence-electron chi connectivity index (χ1n) is 5.71. The van der Waals surface area contributed by atoms with Gasteiger partial charge in [-0.3, -0.25) is 0 Å². The first-order valence-corrected chi connectivity index (χ1v) is 6.94. The van der Waals surface area contributed by atoms with Crippen LogP contribution in [-0.4, -0.2) is 13.3 Å². The molecule has 1 N–H and O–H groups in total. The van der Waals surface area contributed by atoms with Gasteiger partial charge in [0.1, 0.15) is 0 Å². The monoisotopic (exact) mass is 243 g/mol. The molecule has 2 heteroatoms. The number of benzene rings is 2. The molecule has 0 heterocycles. The molecule has 1 nitrogen and oxygen atoms in total. The summed E-state index contributed by atoms with van der Waals surface area (Å²) < 4.78 is 0. The molecule has 0 saturated carbocycles. The van der Waals surface area contributed by atoms with Gasteiger partial charge in [-0.1, -0.05) is 36.4 Å². The van der Waals surface area contributed by atoms with E-state index in [0.29, 0.717) is 0 Å². The van der Waals surface area contributed by atoms with Gasteiger partial charge in [-0.25, -0.2) is 0 Å². The molecule has 0 amide bonds. The maximum absolute atomic E-state index is 3.16. The third kappa shape index (κ3) is 3.11. The molecule has 0 aliphatic carbocycles. The van der Waals surface area contributed by atoms with Crippen molar-refractivity contribution in [3.8, 4) is 11.1 Å². The number of hydrogen-bond acceptors (Lipinski definition) is 2. The summed E-state index contributed by atoms with van der Waals surface area (Å²) >= 11 is 1.77. The standard InChI is InChI=1S/C15H17NS/c1-16-11-12-3-5-13(6-4-12)14-7-9-15(17-2)10-8-14/h3-10,16H,11H2,1-2H3. The van der Waals surface area contributed by atoms with Crippen molar-refractivity contribution in [2.75, 3.05) is 13.3 Å². The molecule has 88 valence electrons. The fraction of sp³-hybridized carbons (Fsp3) is 0.200. The van der Waals surface area contributed by atoms with Crippen molar-refractivity contribution >= 4 is 11.8 Å². The van der Waals surface area contributed by atoms with Gasteiger partial charge in [-0.2, -0.15) is 0 Å². The van der Waals surface area contributed by atoms with Crippen LogP contribution >= 0.6 is 11.8 Å². The van der Waals surface area contributed by atoms with Crippen molar-refractivity contribution in [3.05, 3.63) is 54.1 Å². The van der Waals surface area contributed by atoms with Crippen molar-refractivity contribution in [1.29, 1.82) is 0 Å². The fourth-order valence-corrected chi connectivity index (χ4v) is 2.21. The topological polar surface area (TPSA) is 12.0 Å². The molecule has 2 aromatic carbocycles. The summed E-state index contributed by atoms with van der Waals surface area (Å²) in [6.07, 6.45) is 2.10. The van der Waals surface area contributed by atoms with Crippen LogP contribution in [0.25, 0.3) is 11.1 Å². The minimum Gasteiger partial charge on any atom is -0.316 e. The summed E-state index contributed by atoms with van der Waals surface area (Å²) in [5.41, 5.74) is 3.87. The molecule has 2 aromatic rings. The minimum atomic E-state index is 0.922. The molecule has 0 aliphatic heterocycles. The molecule has 0 fully saturated rings. The number of nitrogens with one attached hydrogen (secondary N) is 1. The highest BCUT2D eigenvalue weighted by Crippen LogP contribution is 2.23. The second-order valence-corrected chi connectivity index (χ2v) is 4.84. The highest BCUT2D eigenvalue weighted by molar-refractivity contribution is 7.98. The van der Waals surface area contributed by atoms with Crippen molar-refractivity contribution in [3.63, 3.8) is 0 Å². The molecule has 17 heavy (non-hydrogen) atoms. The van der Waals surface area contributed by atoms with Crippen molar-refractivity contribution in [2.45, 2.75) is 11.4 Å². The van der Waals surface area contributed by atoms with Crippen molar-refractivity contribution < 1.29 is 0 Å². The van der Waals surface area contributed by atoms with E-state index in [0.717, 1.165) is 6.54 Å². The molecule has 0 aromatic heterocycles. The number of hydrogen-bond donors (Lipinski definition) is 1. The summed E-state index contributed by atoms with van der Waals surface area (Å²) in [5, 5.41) is 3.16. The summed E-state index contributed by atoms with van der Waals surface area (Å²) in [6.45, 7) is 0.922. The lowest BCUT2D eigenvalue weighted by Crippen LogP contribution is -2.04. The predicted octanol–water partition coefficient (Wildman–Crippen LogP) is 3.79. The first kappa shape index (κ1) is 12.2. The first-order chi connectivity index (χ1) is 8.33. The Kier molecular flexibility index (Phi) is 4.24. The average Bonchev–Trinajstić information content (AvgIpc) is 2.40. The Labute approximate surface area is 107 Å². The molecule has 0 bridgehead atoms. The highest BCUT2D eigenvalue weighted by atomic mass is 32.2. The summed E-state index contributed by atoms with van der Waals surface area (Å²) in [5.74, 6) is 0. The third-order valence-corrected chi connectivity index (χ3v) is 3.50. The molecular weight excluding hydrogens is 226 g/mol. The zero-order valence-corrected chi connectivity index (χ0v) is 11.1. The third-order valence-electron chi connectivity index (χ3n) is 2.76. The fourth-order valence-electron chi connectivity index (χ4n) is 1.80. The van der Waals surface area contributed by atoms with Crippen molar-refractivity contribution in [2.24, 2.45) is 0 Å². The second kappa shape index (κ2) is 5.89. The zero-order chi connectivity index (χ0) is 12.1. The molecule has 0 atom stereocenters. The van der Waals surface area contributed by atoms with Crippen LogP contribution in [-0.2, 0) is 6.54 Å². The van der Waals surface area contributed by atoms with Gasteiger partial charge < -0.3 is 5.32 Å². The van der Waals surface area contributed by atoms with Crippen LogP contribution in [0.15, 0.2) is 53.4 Å². The number of rotatable bonds is 4. The zero-order valence-electron chi connectivity index (χ0n) is 10.2. The van der Waals surface area contributed by atoms with E-state index in [1.54, 1.807) is 11.8 Å². The van der Waals surface area contributed by atoms with Gasteiger partial charge in [0.25, 0.3) is 0 Å². The van der Waals surface area contributed by atoms with E-state index in [1.807, 2.05) is 7.05 Å². The van der Waals surface area contributed by atoms with Gasteiger partial charge in [0, 0.05) is 11.4 Å². The molecule has 0 unspecified atom stereocenters. The lowest BCUT2D eigenvalue weighted by molar-refractivity contribution is 0.818. The van der Waals surface area contributed by atoms with E-state index in [1.165, 1.54) is 21.6 Å². The molecule has 0 radical (unpaired) electrons. The van der Waals surface area contributed by atoms with Gasteiger partial charge in [0.2, 0.25) is 0 Å². The van der Waals surface area contributed by atoms with Gasteiger partial charge in [-0.15, -0.1) is 11.8 Å². The minimum absolute atomic E-state index is 0.922. The lowest BCUT2D eigenvalue weighted by atomic mass is 10.0. The number of thioether (sulfide) groups is 1. The smallest absolute Gasteiger partial charge is 0.0202 e. The largest absolute Gasteiger partial charge is 0.316 e. The highest BCUT2D eigenvalue weighted by Gasteiger charge is 1.98. The van der Waals surface area contributed by atoms with Crippen LogP contribution < -0.4 is 5.32 Å². The van der Waals surface area contributed by atoms with Crippen molar-refractivity contribution in [1.82, 2.24) is 5.32 Å². The molecule has 2 rings (SSSR count). The van der Waals surface area contributed by atoms with E-state index in [9.17, 15) is 0 Å². The van der Waals surface area contributed by atoms with Crippen LogP contribution in [0.2, 0.25) is 0 Å². The van der Waals surface area contributed by atoms with Crippen LogP contribution in [0.4, 0.5) is 0 Å². The van der Waals surface area contributed by atoms with Gasteiger partial charge >= 0.3 is 0 Å². The van der Waals surface area contributed by atoms with Gasteiger partial charge in [-0.05, 0) is 42.1 Å². The predicted molar refractivity (Wildman–Crippen MR) is 76.4 cm³/mol. The molecule has 0 saturated heterocycles. The Hall–Kier alpha value is -1.25. The Morgan fingerprint density at radius 3 is 1.88 bits per heavy atom. The average molecular weight is 243 g/mol. The summed E-state index contributed by atoms with van der Waals surface area (Å²) in [7, 11) is 1.97.